The average Bonchev–Trinajstić information content (AvgIpc) is 2.21. The number of carbonyl (C=O) groups is 1. The van der Waals surface area contributed by atoms with E-state index < -0.39 is 5.82 Å². The Morgan fingerprint density at radius 3 is 2.87 bits per heavy atom. The van der Waals surface area contributed by atoms with Crippen molar-refractivity contribution < 1.29 is 9.18 Å². The highest BCUT2D eigenvalue weighted by atomic mass is 79.9. The molecule has 0 aliphatic carbocycles. The van der Waals surface area contributed by atoms with Gasteiger partial charge in [0.25, 0.3) is 5.91 Å². The van der Waals surface area contributed by atoms with E-state index in [0.717, 1.165) is 6.42 Å². The summed E-state index contributed by atoms with van der Waals surface area (Å²) in [5.74, 6) is -0.873. The van der Waals surface area contributed by atoms with Crippen molar-refractivity contribution in [3.63, 3.8) is 0 Å². The van der Waals surface area contributed by atoms with E-state index in [-0.39, 0.29) is 17.5 Å². The van der Waals surface area contributed by atoms with Gasteiger partial charge in [0.1, 0.15) is 5.82 Å². The van der Waals surface area contributed by atoms with E-state index in [0.29, 0.717) is 4.47 Å². The van der Waals surface area contributed by atoms with E-state index in [2.05, 4.69) is 21.2 Å². The standard InChI is InChI=1S/C11H13BrFNO/c1-3-7(2)14-11(15)9-6-8(12)4-5-10(9)13/h4-7H,3H2,1-2H3,(H,14,15)/t7-/m1/s1. The van der Waals surface area contributed by atoms with Crippen LogP contribution in [0.2, 0.25) is 0 Å². The molecule has 0 radical (unpaired) electrons. The second-order valence-electron chi connectivity index (χ2n) is 3.41. The molecule has 82 valence electrons. The van der Waals surface area contributed by atoms with Crippen LogP contribution in [0.1, 0.15) is 30.6 Å². The molecule has 0 fully saturated rings. The predicted octanol–water partition coefficient (Wildman–Crippen LogP) is 3.12. The maximum atomic E-state index is 13.3. The molecule has 1 amide bonds. The van der Waals surface area contributed by atoms with E-state index in [1.54, 1.807) is 6.07 Å². The van der Waals surface area contributed by atoms with Gasteiger partial charge in [-0.3, -0.25) is 4.79 Å². The normalized spacial score (nSPS) is 12.3. The second-order valence-corrected chi connectivity index (χ2v) is 4.32. The van der Waals surface area contributed by atoms with Crippen LogP contribution in [-0.4, -0.2) is 11.9 Å². The van der Waals surface area contributed by atoms with Crippen molar-refractivity contribution in [1.29, 1.82) is 0 Å². The van der Waals surface area contributed by atoms with Crippen molar-refractivity contribution in [3.8, 4) is 0 Å². The molecule has 0 bridgehead atoms. The summed E-state index contributed by atoms with van der Waals surface area (Å²) in [4.78, 5) is 11.6. The average molecular weight is 274 g/mol. The summed E-state index contributed by atoms with van der Waals surface area (Å²) in [7, 11) is 0. The molecule has 0 heterocycles. The van der Waals surface area contributed by atoms with Gasteiger partial charge in [0.15, 0.2) is 0 Å². The third-order valence-electron chi connectivity index (χ3n) is 2.16. The zero-order valence-electron chi connectivity index (χ0n) is 8.68. The summed E-state index contributed by atoms with van der Waals surface area (Å²) >= 11 is 3.20. The lowest BCUT2D eigenvalue weighted by Gasteiger charge is -2.11. The first-order valence-electron chi connectivity index (χ1n) is 4.80. The van der Waals surface area contributed by atoms with Crippen LogP contribution < -0.4 is 5.32 Å². The summed E-state index contributed by atoms with van der Waals surface area (Å²) in [6.45, 7) is 3.84. The summed E-state index contributed by atoms with van der Waals surface area (Å²) in [6, 6.07) is 4.37. The lowest BCUT2D eigenvalue weighted by atomic mass is 10.1. The maximum absolute atomic E-state index is 13.3. The highest BCUT2D eigenvalue weighted by Crippen LogP contribution is 2.15. The van der Waals surface area contributed by atoms with Gasteiger partial charge in [-0.25, -0.2) is 4.39 Å². The summed E-state index contributed by atoms with van der Waals surface area (Å²) in [5.41, 5.74) is 0.0738. The molecular weight excluding hydrogens is 261 g/mol. The van der Waals surface area contributed by atoms with Crippen molar-refractivity contribution in [2.45, 2.75) is 26.3 Å². The Bertz CT molecular complexity index is 368. The molecule has 15 heavy (non-hydrogen) atoms. The third-order valence-corrected chi connectivity index (χ3v) is 2.66. The maximum Gasteiger partial charge on any atom is 0.254 e. The quantitative estimate of drug-likeness (QED) is 0.901. The van der Waals surface area contributed by atoms with Gasteiger partial charge in [-0.15, -0.1) is 0 Å². The fourth-order valence-electron chi connectivity index (χ4n) is 1.08. The number of nitrogens with one attached hydrogen (secondary N) is 1. The zero-order valence-corrected chi connectivity index (χ0v) is 10.3. The van der Waals surface area contributed by atoms with Crippen LogP contribution in [0.15, 0.2) is 22.7 Å². The van der Waals surface area contributed by atoms with E-state index in [1.165, 1.54) is 12.1 Å². The van der Waals surface area contributed by atoms with Gasteiger partial charge in [-0.1, -0.05) is 22.9 Å². The number of amides is 1. The monoisotopic (exact) mass is 273 g/mol. The van der Waals surface area contributed by atoms with Crippen molar-refractivity contribution >= 4 is 21.8 Å². The van der Waals surface area contributed by atoms with Crippen molar-refractivity contribution in [1.82, 2.24) is 5.32 Å². The van der Waals surface area contributed by atoms with Gasteiger partial charge in [0.05, 0.1) is 5.56 Å². The molecular formula is C11H13BrFNO. The van der Waals surface area contributed by atoms with Crippen molar-refractivity contribution in [2.24, 2.45) is 0 Å². The molecule has 1 rings (SSSR count). The third kappa shape index (κ3) is 3.30. The lowest BCUT2D eigenvalue weighted by Crippen LogP contribution is -2.32. The molecule has 1 aromatic rings. The Morgan fingerprint density at radius 1 is 1.60 bits per heavy atom. The molecule has 2 nitrogen and oxygen atoms in total. The van der Waals surface area contributed by atoms with E-state index in [9.17, 15) is 9.18 Å². The van der Waals surface area contributed by atoms with Gasteiger partial charge < -0.3 is 5.32 Å². The Hall–Kier alpha value is -0.900. The molecule has 0 unspecified atom stereocenters. The largest absolute Gasteiger partial charge is 0.350 e. The second kappa shape index (κ2) is 5.26. The van der Waals surface area contributed by atoms with Crippen LogP contribution >= 0.6 is 15.9 Å². The van der Waals surface area contributed by atoms with E-state index >= 15 is 0 Å². The SMILES string of the molecule is CC[C@@H](C)NC(=O)c1cc(Br)ccc1F. The molecule has 0 aliphatic heterocycles. The Kier molecular flexibility index (Phi) is 4.27. The van der Waals surface area contributed by atoms with Gasteiger partial charge in [-0.2, -0.15) is 0 Å². The molecule has 1 N–H and O–H groups in total. The Balaban J connectivity index is 2.86. The summed E-state index contributed by atoms with van der Waals surface area (Å²) in [6.07, 6.45) is 0.821. The van der Waals surface area contributed by atoms with Crippen LogP contribution in [0.5, 0.6) is 0 Å². The molecule has 1 atom stereocenters. The highest BCUT2D eigenvalue weighted by Gasteiger charge is 2.13. The van der Waals surface area contributed by atoms with Crippen LogP contribution in [-0.2, 0) is 0 Å². The molecule has 4 heteroatoms. The highest BCUT2D eigenvalue weighted by molar-refractivity contribution is 9.10. The van der Waals surface area contributed by atoms with Crippen LogP contribution in [0.25, 0.3) is 0 Å². The van der Waals surface area contributed by atoms with E-state index in [4.69, 9.17) is 0 Å². The topological polar surface area (TPSA) is 29.1 Å². The smallest absolute Gasteiger partial charge is 0.254 e. The van der Waals surface area contributed by atoms with Gasteiger partial charge in [-0.05, 0) is 31.5 Å². The number of rotatable bonds is 3. The number of carbonyl (C=O) groups excluding carboxylic acids is 1. The first kappa shape index (κ1) is 12.2. The fraction of sp³-hybridized carbons (Fsp3) is 0.364. The predicted molar refractivity (Wildman–Crippen MR) is 61.3 cm³/mol. The van der Waals surface area contributed by atoms with Gasteiger partial charge in [0.2, 0.25) is 0 Å². The number of halogens is 2. The number of benzene rings is 1. The molecule has 1 aromatic carbocycles. The van der Waals surface area contributed by atoms with Gasteiger partial charge >= 0.3 is 0 Å². The van der Waals surface area contributed by atoms with Gasteiger partial charge in [0, 0.05) is 10.5 Å². The first-order chi connectivity index (χ1) is 7.04. The van der Waals surface area contributed by atoms with E-state index in [1.807, 2.05) is 13.8 Å². The zero-order chi connectivity index (χ0) is 11.4. The summed E-state index contributed by atoms with van der Waals surface area (Å²) < 4.78 is 14.0. The first-order valence-corrected chi connectivity index (χ1v) is 5.59. The minimum Gasteiger partial charge on any atom is -0.350 e. The minimum absolute atomic E-state index is 0.0517. The van der Waals surface area contributed by atoms with Crippen molar-refractivity contribution in [3.05, 3.63) is 34.1 Å². The lowest BCUT2D eigenvalue weighted by molar-refractivity contribution is 0.0935. The minimum atomic E-state index is -0.501. The molecule has 0 aliphatic rings. The molecule has 0 saturated heterocycles. The Labute approximate surface area is 97.0 Å². The Morgan fingerprint density at radius 2 is 2.27 bits per heavy atom. The molecule has 0 saturated carbocycles. The number of hydrogen-bond donors (Lipinski definition) is 1. The van der Waals surface area contributed by atoms with Crippen molar-refractivity contribution in [2.75, 3.05) is 0 Å². The molecule has 0 spiro atoms. The molecule has 0 aromatic heterocycles. The summed E-state index contributed by atoms with van der Waals surface area (Å²) in [5, 5.41) is 2.71. The van der Waals surface area contributed by atoms with Crippen LogP contribution in [0.4, 0.5) is 4.39 Å². The van der Waals surface area contributed by atoms with Crippen LogP contribution in [0, 0.1) is 5.82 Å². The fourth-order valence-corrected chi connectivity index (χ4v) is 1.44. The number of hydrogen-bond acceptors (Lipinski definition) is 1. The van der Waals surface area contributed by atoms with Crippen LogP contribution in [0.3, 0.4) is 0 Å².